The van der Waals surface area contributed by atoms with Crippen molar-refractivity contribution in [3.63, 3.8) is 0 Å². The van der Waals surface area contributed by atoms with Crippen molar-refractivity contribution in [1.82, 2.24) is 9.97 Å². The number of halogens is 3. The molecule has 0 aliphatic carbocycles. The molecule has 0 atom stereocenters. The van der Waals surface area contributed by atoms with Crippen LogP contribution >= 0.6 is 0 Å². The van der Waals surface area contributed by atoms with Crippen LogP contribution in [-0.2, 0) is 12.6 Å². The third-order valence-corrected chi connectivity index (χ3v) is 2.11. The first-order chi connectivity index (χ1) is 6.95. The monoisotopic (exact) mass is 218 g/mol. The van der Waals surface area contributed by atoms with Crippen LogP contribution in [0.4, 0.5) is 13.2 Å². The predicted octanol–water partition coefficient (Wildman–Crippen LogP) is 3.15. The Labute approximate surface area is 86.6 Å². The van der Waals surface area contributed by atoms with E-state index >= 15 is 0 Å². The van der Waals surface area contributed by atoms with Crippen LogP contribution in [0.1, 0.15) is 36.8 Å². The van der Waals surface area contributed by atoms with E-state index in [4.69, 9.17) is 0 Å². The fourth-order valence-electron chi connectivity index (χ4n) is 1.23. The summed E-state index contributed by atoms with van der Waals surface area (Å²) >= 11 is 0. The second-order valence-electron chi connectivity index (χ2n) is 3.39. The molecular formula is C10H13F3N2. The maximum Gasteiger partial charge on any atom is 0.434 e. The van der Waals surface area contributed by atoms with Gasteiger partial charge in [0.25, 0.3) is 0 Å². The van der Waals surface area contributed by atoms with E-state index in [1.165, 1.54) is 0 Å². The molecule has 0 amide bonds. The Balaban J connectivity index is 2.88. The molecule has 5 heteroatoms. The Kier molecular flexibility index (Phi) is 3.66. The van der Waals surface area contributed by atoms with Crippen molar-refractivity contribution in [3.8, 4) is 0 Å². The summed E-state index contributed by atoms with van der Waals surface area (Å²) < 4.78 is 36.7. The van der Waals surface area contributed by atoms with Gasteiger partial charge in [-0.2, -0.15) is 13.2 Å². The highest BCUT2D eigenvalue weighted by Gasteiger charge is 2.33. The Morgan fingerprint density at radius 3 is 2.47 bits per heavy atom. The summed E-state index contributed by atoms with van der Waals surface area (Å²) in [7, 11) is 0. The van der Waals surface area contributed by atoms with E-state index in [0.29, 0.717) is 17.8 Å². The number of hydrogen-bond donors (Lipinski definition) is 0. The van der Waals surface area contributed by atoms with E-state index in [-0.39, 0.29) is 0 Å². The van der Waals surface area contributed by atoms with Gasteiger partial charge in [-0.1, -0.05) is 13.3 Å². The van der Waals surface area contributed by atoms with Crippen LogP contribution in [0, 0.1) is 6.92 Å². The molecule has 2 nitrogen and oxygen atoms in total. The van der Waals surface area contributed by atoms with Crippen molar-refractivity contribution >= 4 is 0 Å². The molecule has 0 aromatic carbocycles. The van der Waals surface area contributed by atoms with Crippen molar-refractivity contribution in [2.45, 2.75) is 39.3 Å². The molecule has 1 aromatic rings. The number of nitrogens with zero attached hydrogens (tertiary/aromatic N) is 2. The highest BCUT2D eigenvalue weighted by molar-refractivity contribution is 5.14. The molecule has 0 fully saturated rings. The van der Waals surface area contributed by atoms with Gasteiger partial charge in [-0.3, -0.25) is 4.98 Å². The highest BCUT2D eigenvalue weighted by Crippen LogP contribution is 2.27. The molecule has 0 spiro atoms. The van der Waals surface area contributed by atoms with E-state index in [1.807, 2.05) is 6.92 Å². The van der Waals surface area contributed by atoms with Crippen LogP contribution in [-0.4, -0.2) is 9.97 Å². The van der Waals surface area contributed by atoms with Gasteiger partial charge in [0.15, 0.2) is 5.69 Å². The summed E-state index contributed by atoms with van der Waals surface area (Å²) in [5.74, 6) is 0. The predicted molar refractivity (Wildman–Crippen MR) is 50.4 cm³/mol. The lowest BCUT2D eigenvalue weighted by atomic mass is 10.1. The molecule has 1 heterocycles. The normalized spacial score (nSPS) is 11.8. The average Bonchev–Trinajstić information content (AvgIpc) is 2.14. The van der Waals surface area contributed by atoms with Gasteiger partial charge in [0.1, 0.15) is 0 Å². The third kappa shape index (κ3) is 3.18. The molecule has 15 heavy (non-hydrogen) atoms. The fraction of sp³-hybridized carbons (Fsp3) is 0.600. The number of aromatic nitrogens is 2. The van der Waals surface area contributed by atoms with Crippen molar-refractivity contribution in [2.75, 3.05) is 0 Å². The molecule has 0 aliphatic rings. The average molecular weight is 218 g/mol. The van der Waals surface area contributed by atoms with Crippen LogP contribution < -0.4 is 0 Å². The van der Waals surface area contributed by atoms with Gasteiger partial charge >= 0.3 is 6.18 Å². The van der Waals surface area contributed by atoms with Crippen molar-refractivity contribution in [3.05, 3.63) is 23.3 Å². The highest BCUT2D eigenvalue weighted by atomic mass is 19.4. The lowest BCUT2D eigenvalue weighted by molar-refractivity contribution is -0.141. The molecule has 1 rings (SSSR count). The van der Waals surface area contributed by atoms with Crippen LogP contribution in [0.15, 0.2) is 6.20 Å². The lowest BCUT2D eigenvalue weighted by Gasteiger charge is -2.08. The summed E-state index contributed by atoms with van der Waals surface area (Å²) in [5.41, 5.74) is 0.114. The summed E-state index contributed by atoms with van der Waals surface area (Å²) in [6.07, 6.45) is -1.00. The molecule has 0 radical (unpaired) electrons. The third-order valence-electron chi connectivity index (χ3n) is 2.11. The Bertz CT molecular complexity index is 334. The van der Waals surface area contributed by atoms with Gasteiger partial charge in [0, 0.05) is 0 Å². The van der Waals surface area contributed by atoms with Gasteiger partial charge in [0.05, 0.1) is 17.6 Å². The van der Waals surface area contributed by atoms with E-state index in [0.717, 1.165) is 19.0 Å². The zero-order valence-electron chi connectivity index (χ0n) is 8.73. The molecule has 0 bridgehead atoms. The maximum atomic E-state index is 12.2. The van der Waals surface area contributed by atoms with Crippen LogP contribution in [0.5, 0.6) is 0 Å². The standard InChI is InChI=1S/C10H13F3N2/c1-3-4-5-8-7(2)15-9(6-14-8)10(11,12)13/h6H,3-5H2,1-2H3. The lowest BCUT2D eigenvalue weighted by Crippen LogP contribution is -2.11. The minimum Gasteiger partial charge on any atom is -0.257 e. The van der Waals surface area contributed by atoms with Gasteiger partial charge in [-0.05, 0) is 19.8 Å². The zero-order valence-corrected chi connectivity index (χ0v) is 8.73. The van der Waals surface area contributed by atoms with E-state index in [2.05, 4.69) is 9.97 Å². The van der Waals surface area contributed by atoms with Gasteiger partial charge in [-0.15, -0.1) is 0 Å². The van der Waals surface area contributed by atoms with Crippen molar-refractivity contribution in [1.29, 1.82) is 0 Å². The van der Waals surface area contributed by atoms with Crippen LogP contribution in [0.25, 0.3) is 0 Å². The quantitative estimate of drug-likeness (QED) is 0.778. The minimum atomic E-state index is -4.40. The van der Waals surface area contributed by atoms with Crippen LogP contribution in [0.2, 0.25) is 0 Å². The summed E-state index contributed by atoms with van der Waals surface area (Å²) in [6.45, 7) is 3.58. The molecule has 0 saturated carbocycles. The summed E-state index contributed by atoms with van der Waals surface area (Å²) in [4.78, 5) is 7.31. The SMILES string of the molecule is CCCCc1ncc(C(F)(F)F)nc1C. The number of rotatable bonds is 3. The van der Waals surface area contributed by atoms with Gasteiger partial charge in [0.2, 0.25) is 0 Å². The van der Waals surface area contributed by atoms with E-state index in [1.54, 1.807) is 6.92 Å². The molecule has 0 unspecified atom stereocenters. The first-order valence-electron chi connectivity index (χ1n) is 4.85. The van der Waals surface area contributed by atoms with Crippen molar-refractivity contribution < 1.29 is 13.2 Å². The molecule has 1 aromatic heterocycles. The molecule has 84 valence electrons. The van der Waals surface area contributed by atoms with Gasteiger partial charge < -0.3 is 0 Å². The summed E-state index contributed by atoms with van der Waals surface area (Å²) in [5, 5.41) is 0. The fourth-order valence-corrected chi connectivity index (χ4v) is 1.23. The Hall–Kier alpha value is -1.13. The smallest absolute Gasteiger partial charge is 0.257 e. The number of alkyl halides is 3. The van der Waals surface area contributed by atoms with E-state index in [9.17, 15) is 13.2 Å². The van der Waals surface area contributed by atoms with E-state index < -0.39 is 11.9 Å². The second-order valence-corrected chi connectivity index (χ2v) is 3.39. The zero-order chi connectivity index (χ0) is 11.5. The van der Waals surface area contributed by atoms with Gasteiger partial charge in [-0.25, -0.2) is 4.98 Å². The molecule has 0 saturated heterocycles. The Morgan fingerprint density at radius 1 is 1.33 bits per heavy atom. The molecule has 0 N–H and O–H groups in total. The topological polar surface area (TPSA) is 25.8 Å². The summed E-state index contributed by atoms with van der Waals surface area (Å²) in [6, 6.07) is 0. The molecule has 0 aliphatic heterocycles. The second kappa shape index (κ2) is 4.59. The maximum absolute atomic E-state index is 12.2. The van der Waals surface area contributed by atoms with Crippen LogP contribution in [0.3, 0.4) is 0 Å². The first kappa shape index (κ1) is 11.9. The first-order valence-corrected chi connectivity index (χ1v) is 4.85. The number of hydrogen-bond acceptors (Lipinski definition) is 2. The number of unbranched alkanes of at least 4 members (excludes halogenated alkanes) is 1. The van der Waals surface area contributed by atoms with Crippen molar-refractivity contribution in [2.24, 2.45) is 0 Å². The minimum absolute atomic E-state index is 0.373. The number of aryl methyl sites for hydroxylation is 2. The largest absolute Gasteiger partial charge is 0.434 e. The Morgan fingerprint density at radius 2 is 2.00 bits per heavy atom. The molecular weight excluding hydrogens is 205 g/mol.